The molecule has 0 bridgehead atoms. The van der Waals surface area contributed by atoms with Gasteiger partial charge in [-0.25, -0.2) is 0 Å². The van der Waals surface area contributed by atoms with E-state index in [2.05, 4.69) is 0 Å². The van der Waals surface area contributed by atoms with Crippen LogP contribution in [0.2, 0.25) is 0 Å². The minimum absolute atomic E-state index is 0.00265. The summed E-state index contributed by atoms with van der Waals surface area (Å²) >= 11 is 0. The fourth-order valence-corrected chi connectivity index (χ4v) is 1.96. The number of ether oxygens (including phenoxy) is 1. The molecule has 0 aliphatic heterocycles. The average Bonchev–Trinajstić information content (AvgIpc) is 2.52. The Morgan fingerprint density at radius 2 is 1.91 bits per heavy atom. The van der Waals surface area contributed by atoms with E-state index in [1.165, 1.54) is 19.3 Å². The molecular formula is C16H23NO5. The highest BCUT2D eigenvalue weighted by Crippen LogP contribution is 2.26. The van der Waals surface area contributed by atoms with E-state index in [4.69, 9.17) is 14.9 Å². The molecule has 1 rings (SSSR count). The molecule has 0 saturated carbocycles. The molecule has 0 aromatic heterocycles. The van der Waals surface area contributed by atoms with Crippen LogP contribution in [-0.2, 0) is 4.79 Å². The van der Waals surface area contributed by atoms with E-state index in [1.807, 2.05) is 4.90 Å². The molecule has 122 valence electrons. The maximum atomic E-state index is 11.8. The molecule has 0 aliphatic rings. The van der Waals surface area contributed by atoms with Gasteiger partial charge >= 0.3 is 0 Å². The van der Waals surface area contributed by atoms with E-state index in [-0.39, 0.29) is 24.7 Å². The highest BCUT2D eigenvalue weighted by molar-refractivity contribution is 5.93. The second kappa shape index (κ2) is 9.94. The second-order valence-corrected chi connectivity index (χ2v) is 4.77. The fourth-order valence-electron chi connectivity index (χ4n) is 1.96. The van der Waals surface area contributed by atoms with E-state index in [0.29, 0.717) is 31.8 Å². The summed E-state index contributed by atoms with van der Waals surface area (Å²) in [5.41, 5.74) is 0.755. The van der Waals surface area contributed by atoms with Gasteiger partial charge in [-0.3, -0.25) is 9.69 Å². The number of nitrogens with zero attached hydrogens (tertiary/aromatic N) is 1. The van der Waals surface area contributed by atoms with Crippen LogP contribution in [0.5, 0.6) is 11.5 Å². The minimum Gasteiger partial charge on any atom is -0.504 e. The third-order valence-corrected chi connectivity index (χ3v) is 3.17. The Balaban J connectivity index is 2.53. The average molecular weight is 309 g/mol. The van der Waals surface area contributed by atoms with Crippen LogP contribution < -0.4 is 4.74 Å². The Morgan fingerprint density at radius 1 is 1.23 bits per heavy atom. The molecule has 0 radical (unpaired) electrons. The van der Waals surface area contributed by atoms with Crippen molar-refractivity contribution in [2.75, 3.05) is 40.0 Å². The number of phenolic OH excluding ortho intramolecular Hbond substituents is 1. The quantitative estimate of drug-likeness (QED) is 0.550. The van der Waals surface area contributed by atoms with Crippen molar-refractivity contribution in [3.8, 4) is 11.5 Å². The zero-order valence-corrected chi connectivity index (χ0v) is 12.7. The topological polar surface area (TPSA) is 90.2 Å². The number of allylic oxidation sites excluding steroid dienone is 1. The second-order valence-electron chi connectivity index (χ2n) is 4.77. The Hall–Kier alpha value is -1.89. The Labute approximate surface area is 130 Å². The molecule has 0 amide bonds. The summed E-state index contributed by atoms with van der Waals surface area (Å²) in [4.78, 5) is 13.7. The van der Waals surface area contributed by atoms with Crippen molar-refractivity contribution in [2.24, 2.45) is 0 Å². The van der Waals surface area contributed by atoms with Crippen LogP contribution in [0.4, 0.5) is 0 Å². The van der Waals surface area contributed by atoms with Gasteiger partial charge in [-0.15, -0.1) is 0 Å². The molecule has 3 N–H and O–H groups in total. The van der Waals surface area contributed by atoms with Crippen molar-refractivity contribution in [3.63, 3.8) is 0 Å². The standard InChI is InChI=1S/C16H23NO5/c1-22-16-12-13(3-5-15(16)21)2-4-14(20)6-7-17(8-10-18)9-11-19/h2-5,12,18-19,21H,6-11H2,1H3/b4-2+. The number of benzene rings is 1. The van der Waals surface area contributed by atoms with Crippen LogP contribution in [-0.4, -0.2) is 66.0 Å². The van der Waals surface area contributed by atoms with Crippen LogP contribution >= 0.6 is 0 Å². The summed E-state index contributed by atoms with van der Waals surface area (Å²) in [7, 11) is 1.46. The van der Waals surface area contributed by atoms with Gasteiger partial charge < -0.3 is 20.1 Å². The zero-order valence-electron chi connectivity index (χ0n) is 12.7. The number of aromatic hydroxyl groups is 1. The van der Waals surface area contributed by atoms with Crippen molar-refractivity contribution in [1.29, 1.82) is 0 Å². The van der Waals surface area contributed by atoms with E-state index in [9.17, 15) is 9.90 Å². The van der Waals surface area contributed by atoms with Crippen molar-refractivity contribution in [2.45, 2.75) is 6.42 Å². The highest BCUT2D eigenvalue weighted by atomic mass is 16.5. The van der Waals surface area contributed by atoms with E-state index in [1.54, 1.807) is 18.2 Å². The molecule has 0 unspecified atom stereocenters. The molecule has 6 nitrogen and oxygen atoms in total. The van der Waals surface area contributed by atoms with Gasteiger partial charge in [-0.1, -0.05) is 12.1 Å². The van der Waals surface area contributed by atoms with Gasteiger partial charge in [0, 0.05) is 26.1 Å². The maximum Gasteiger partial charge on any atom is 0.161 e. The predicted octanol–water partition coefficient (Wildman–Crippen LogP) is 0.660. The number of carbonyl (C=O) groups is 1. The first-order valence-corrected chi connectivity index (χ1v) is 7.12. The molecule has 1 aromatic rings. The first kappa shape index (κ1) is 18.2. The number of carbonyl (C=O) groups excluding carboxylic acids is 1. The molecule has 0 aliphatic carbocycles. The first-order chi connectivity index (χ1) is 10.6. The zero-order chi connectivity index (χ0) is 16.4. The van der Waals surface area contributed by atoms with Gasteiger partial charge in [0.15, 0.2) is 17.3 Å². The lowest BCUT2D eigenvalue weighted by Gasteiger charge is -2.18. The number of aliphatic hydroxyl groups is 2. The summed E-state index contributed by atoms with van der Waals surface area (Å²) in [5, 5.41) is 27.3. The Bertz CT molecular complexity index is 495. The van der Waals surface area contributed by atoms with Crippen LogP contribution in [0, 0.1) is 0 Å². The number of rotatable bonds is 10. The molecule has 22 heavy (non-hydrogen) atoms. The number of ketones is 1. The van der Waals surface area contributed by atoms with E-state index >= 15 is 0 Å². The third-order valence-electron chi connectivity index (χ3n) is 3.17. The highest BCUT2D eigenvalue weighted by Gasteiger charge is 2.06. The van der Waals surface area contributed by atoms with Crippen LogP contribution in [0.1, 0.15) is 12.0 Å². The predicted molar refractivity (Wildman–Crippen MR) is 83.9 cm³/mol. The molecule has 0 atom stereocenters. The molecule has 0 heterocycles. The normalized spacial score (nSPS) is 11.3. The van der Waals surface area contributed by atoms with E-state index < -0.39 is 0 Å². The molecule has 6 heteroatoms. The summed E-state index contributed by atoms with van der Waals surface area (Å²) in [6, 6.07) is 4.83. The monoisotopic (exact) mass is 309 g/mol. The molecule has 0 spiro atoms. The molecular weight excluding hydrogens is 286 g/mol. The lowest BCUT2D eigenvalue weighted by atomic mass is 10.1. The van der Waals surface area contributed by atoms with Gasteiger partial charge in [0.05, 0.1) is 20.3 Å². The fraction of sp³-hybridized carbons (Fsp3) is 0.438. The van der Waals surface area contributed by atoms with Crippen LogP contribution in [0.15, 0.2) is 24.3 Å². The largest absolute Gasteiger partial charge is 0.504 e. The number of methoxy groups -OCH3 is 1. The van der Waals surface area contributed by atoms with Gasteiger partial charge in [0.25, 0.3) is 0 Å². The summed E-state index contributed by atoms with van der Waals surface area (Å²) in [5.74, 6) is 0.356. The number of phenols is 1. The van der Waals surface area contributed by atoms with Crippen LogP contribution in [0.25, 0.3) is 6.08 Å². The maximum absolute atomic E-state index is 11.8. The minimum atomic E-state index is -0.0482. The number of hydrogen-bond acceptors (Lipinski definition) is 6. The summed E-state index contributed by atoms with van der Waals surface area (Å²) in [6.07, 6.45) is 3.44. The number of hydrogen-bond donors (Lipinski definition) is 3. The Morgan fingerprint density at radius 3 is 2.50 bits per heavy atom. The first-order valence-electron chi connectivity index (χ1n) is 7.12. The summed E-state index contributed by atoms with van der Waals surface area (Å²) in [6.45, 7) is 1.36. The van der Waals surface area contributed by atoms with Crippen molar-refractivity contribution in [1.82, 2.24) is 4.90 Å². The van der Waals surface area contributed by atoms with Gasteiger partial charge in [-0.05, 0) is 23.8 Å². The van der Waals surface area contributed by atoms with Gasteiger partial charge in [-0.2, -0.15) is 0 Å². The van der Waals surface area contributed by atoms with Crippen molar-refractivity contribution in [3.05, 3.63) is 29.8 Å². The van der Waals surface area contributed by atoms with Gasteiger partial charge in [0.2, 0.25) is 0 Å². The molecule has 0 saturated heterocycles. The third kappa shape index (κ3) is 6.26. The molecule has 0 fully saturated rings. The van der Waals surface area contributed by atoms with E-state index in [0.717, 1.165) is 5.56 Å². The SMILES string of the molecule is COc1cc(/C=C/C(=O)CCN(CCO)CCO)ccc1O. The summed E-state index contributed by atoms with van der Waals surface area (Å²) < 4.78 is 5.00. The lowest BCUT2D eigenvalue weighted by molar-refractivity contribution is -0.114. The van der Waals surface area contributed by atoms with Gasteiger partial charge in [0.1, 0.15) is 0 Å². The van der Waals surface area contributed by atoms with Crippen molar-refractivity contribution >= 4 is 11.9 Å². The molecule has 1 aromatic carbocycles. The van der Waals surface area contributed by atoms with Crippen LogP contribution in [0.3, 0.4) is 0 Å². The number of aliphatic hydroxyl groups excluding tert-OH is 2. The Kier molecular flexibility index (Phi) is 8.21. The lowest BCUT2D eigenvalue weighted by Crippen LogP contribution is -2.31. The smallest absolute Gasteiger partial charge is 0.161 e. The van der Waals surface area contributed by atoms with Crippen molar-refractivity contribution < 1.29 is 24.9 Å².